The van der Waals surface area contributed by atoms with Gasteiger partial charge in [-0.25, -0.2) is 0 Å². The summed E-state index contributed by atoms with van der Waals surface area (Å²) >= 11 is 0. The molecule has 0 fully saturated rings. The van der Waals surface area contributed by atoms with Gasteiger partial charge in [0.15, 0.2) is 0 Å². The van der Waals surface area contributed by atoms with Gasteiger partial charge in [-0.3, -0.25) is 0 Å². The summed E-state index contributed by atoms with van der Waals surface area (Å²) in [4.78, 5) is 34.2. The molecule has 8 nitrogen and oxygen atoms in total. The van der Waals surface area contributed by atoms with E-state index in [4.69, 9.17) is 0 Å². The van der Waals surface area contributed by atoms with Gasteiger partial charge in [0.05, 0.1) is 0 Å². The van der Waals surface area contributed by atoms with E-state index in [1.165, 1.54) is 44.5 Å². The molecule has 0 spiro atoms. The predicted molar refractivity (Wildman–Crippen MR) is 458 cm³/mol. The molecule has 8 heterocycles. The average molecular weight is 2210 g/mol. The van der Waals surface area contributed by atoms with Gasteiger partial charge >= 0.3 is 0 Å². The third-order valence-corrected chi connectivity index (χ3v) is 16.6. The van der Waals surface area contributed by atoms with Gasteiger partial charge < -0.3 is 39.9 Å². The van der Waals surface area contributed by atoms with Crippen LogP contribution in [0, 0.1) is 76.2 Å². The molecule has 0 saturated carbocycles. The van der Waals surface area contributed by atoms with Crippen molar-refractivity contribution in [1.29, 1.82) is 0 Å². The molecule has 0 atom stereocenters. The second kappa shape index (κ2) is 51.7. The molecule has 12 heteroatoms. The van der Waals surface area contributed by atoms with Crippen molar-refractivity contribution in [3.05, 3.63) is 484 Å². The minimum atomic E-state index is 0. The summed E-state index contributed by atoms with van der Waals surface area (Å²) in [6.07, 6.45) is 14.4. The van der Waals surface area contributed by atoms with Crippen molar-refractivity contribution in [2.75, 3.05) is 0 Å². The molecule has 580 valence electrons. The van der Waals surface area contributed by atoms with Crippen molar-refractivity contribution >= 4 is 0 Å². The zero-order valence-electron chi connectivity index (χ0n) is 64.2. The molecule has 4 radical (unpaired) electrons. The Morgan fingerprint density at radius 3 is 0.690 bits per heavy atom. The van der Waals surface area contributed by atoms with Crippen LogP contribution in [0.5, 0.6) is 0 Å². The smallest absolute Gasteiger partial charge is 0.0166 e. The van der Waals surface area contributed by atoms with Crippen LogP contribution in [0.2, 0.25) is 0 Å². The van der Waals surface area contributed by atoms with Crippen LogP contribution >= 0.6 is 0 Å². The van der Waals surface area contributed by atoms with Crippen LogP contribution in [0.15, 0.2) is 414 Å². The Hall–Kier alpha value is -12.0. The van der Waals surface area contributed by atoms with Gasteiger partial charge in [-0.2, -0.15) is 0 Å². The van der Waals surface area contributed by atoms with E-state index in [1.807, 2.05) is 298 Å². The van der Waals surface area contributed by atoms with E-state index >= 15 is 0 Å². The average Bonchev–Trinajstić information content (AvgIpc) is 0.840. The molecule has 18 aromatic rings. The van der Waals surface area contributed by atoms with Crippen LogP contribution in [-0.4, -0.2) is 39.9 Å². The molecule has 116 heavy (non-hydrogen) atoms. The maximum Gasteiger partial charge on any atom is 0.0166 e. The summed E-state index contributed by atoms with van der Waals surface area (Å²) in [5.41, 5.74) is 25.7. The number of aromatic nitrogens is 8. The maximum absolute atomic E-state index is 4.43. The number of pyridine rings is 8. The van der Waals surface area contributed by atoms with Gasteiger partial charge in [-0.1, -0.05) is 183 Å². The quantitative estimate of drug-likeness (QED) is 0.125. The maximum atomic E-state index is 4.43. The molecule has 0 unspecified atom stereocenters. The van der Waals surface area contributed by atoms with Gasteiger partial charge in [-0.05, 0) is 112 Å². The van der Waals surface area contributed by atoms with E-state index < -0.39 is 0 Å². The molecule has 0 aliphatic carbocycles. The molecule has 0 bridgehead atoms. The Balaban J connectivity index is 0.000000184. The van der Waals surface area contributed by atoms with Crippen LogP contribution in [-0.2, 0) is 80.4 Å². The molecule has 0 aliphatic rings. The van der Waals surface area contributed by atoms with Crippen molar-refractivity contribution in [3.63, 3.8) is 0 Å². The largest absolute Gasteiger partial charge is 0.305 e. The van der Waals surface area contributed by atoms with E-state index in [-0.39, 0.29) is 80.4 Å². The van der Waals surface area contributed by atoms with Crippen LogP contribution in [0.25, 0.3) is 112 Å². The molecular weight excluding hydrogens is 2130 g/mol. The van der Waals surface area contributed by atoms with E-state index in [0.717, 1.165) is 90.1 Å². The molecule has 0 saturated heterocycles. The van der Waals surface area contributed by atoms with Gasteiger partial charge in [0.25, 0.3) is 0 Å². The van der Waals surface area contributed by atoms with Crippen LogP contribution in [0.4, 0.5) is 0 Å². The second-order valence-corrected chi connectivity index (χ2v) is 25.1. The summed E-state index contributed by atoms with van der Waals surface area (Å²) in [5, 5.41) is 0. The Morgan fingerprint density at radius 2 is 0.422 bits per heavy atom. The zero-order chi connectivity index (χ0) is 77.3. The van der Waals surface area contributed by atoms with Crippen LogP contribution in [0.3, 0.4) is 0 Å². The Labute approximate surface area is 738 Å². The monoisotopic (exact) mass is 2210 g/mol. The van der Waals surface area contributed by atoms with Gasteiger partial charge in [0.1, 0.15) is 0 Å². The number of hydrogen-bond donors (Lipinski definition) is 0. The minimum Gasteiger partial charge on any atom is -0.305 e. The van der Waals surface area contributed by atoms with E-state index in [0.29, 0.717) is 0 Å². The third kappa shape index (κ3) is 30.7. The first-order valence-corrected chi connectivity index (χ1v) is 36.6. The number of nitrogens with zero attached hydrogens (tertiary/aromatic N) is 8. The predicted octanol–water partition coefficient (Wildman–Crippen LogP) is 24.9. The first-order valence-electron chi connectivity index (χ1n) is 36.6. The fourth-order valence-corrected chi connectivity index (χ4v) is 10.8. The summed E-state index contributed by atoms with van der Waals surface area (Å²) in [6.45, 7) is 8.25. The first-order chi connectivity index (χ1) is 55.2. The fraction of sp³-hybridized carbons (Fsp3) is 0.0385. The Kier molecular flexibility index (Phi) is 40.6. The summed E-state index contributed by atoms with van der Waals surface area (Å²) in [5.74, 6) is 0. The molecule has 0 aliphatic heterocycles. The summed E-state index contributed by atoms with van der Waals surface area (Å²) in [7, 11) is 0. The summed E-state index contributed by atoms with van der Waals surface area (Å²) < 4.78 is 0. The number of benzene rings is 10. The molecule has 10 aromatic carbocycles. The molecule has 0 N–H and O–H groups in total. The first kappa shape index (κ1) is 91.2. The van der Waals surface area contributed by atoms with Gasteiger partial charge in [-0.15, -0.1) is 280 Å². The van der Waals surface area contributed by atoms with Crippen LogP contribution in [0.1, 0.15) is 22.3 Å². The Bertz CT molecular complexity index is 5070. The number of rotatable bonds is 10. The minimum absolute atomic E-state index is 0. The van der Waals surface area contributed by atoms with E-state index in [1.54, 1.807) is 37.2 Å². The van der Waals surface area contributed by atoms with Crippen molar-refractivity contribution in [3.8, 4) is 112 Å². The normalized spacial score (nSPS) is 9.62. The summed E-state index contributed by atoms with van der Waals surface area (Å²) in [6, 6.07) is 145. The standard InChI is InChI=1S/C18H14N.C17H12N.C13H12N.C12H10N.4C11H8N.4Ir/c1-14-7-9-16(10-8-14)18-13-17(11-12-19-18)15-5-3-2-4-6-15;1-2-6-14(7-3-1)15-9-11-16(12-10-15)17-8-4-5-13-18-17;1-10-3-5-12(6-4-10)13-9-11(2)7-8-14-13;1-10-5-7-11(8-6-10)12-4-2-3-9-13-12;4*1-2-6-10(7-3-1)11-8-4-5-9-12-11;;;;/h2-9,11-13H,1H3;1-11,13H;3-5,7-9H,1-2H3;2-7,9H,1H3;4*1-6,8-9H;;;;/q8*-1;;;;. The SMILES string of the molecule is Cc1c[c-]c(-c2cc(-c3ccccc3)ccn2)cc1.Cc1c[c-]c(-c2cc(C)ccn2)cc1.Cc1c[c-]c(-c2ccccn2)cc1.[Ir].[Ir].[Ir].[Ir].[c-]1cc(-c2ccccc2)ccc1-c1ccccn1.[c-]1ccccc1-c1ccccn1.[c-]1ccccc1-c1ccccn1.[c-]1ccccc1-c1ccccn1.[c-]1ccccc1-c1ccccn1. The fourth-order valence-electron chi connectivity index (χ4n) is 10.8. The van der Waals surface area contributed by atoms with Crippen molar-refractivity contribution in [2.24, 2.45) is 0 Å². The number of aryl methyl sites for hydroxylation is 4. The molecule has 18 rings (SSSR count). The van der Waals surface area contributed by atoms with Gasteiger partial charge in [0, 0.05) is 130 Å². The number of hydrogen-bond acceptors (Lipinski definition) is 8. The van der Waals surface area contributed by atoms with E-state index in [9.17, 15) is 0 Å². The van der Waals surface area contributed by atoms with Crippen molar-refractivity contribution in [1.82, 2.24) is 39.9 Å². The molecule has 0 amide bonds. The van der Waals surface area contributed by atoms with Crippen LogP contribution < -0.4 is 0 Å². The second-order valence-electron chi connectivity index (χ2n) is 25.1. The van der Waals surface area contributed by atoms with E-state index in [2.05, 4.69) is 195 Å². The third-order valence-electron chi connectivity index (χ3n) is 16.6. The Morgan fingerprint density at radius 1 is 0.164 bits per heavy atom. The molecular formula is C104H80Ir4N8-8. The van der Waals surface area contributed by atoms with Crippen molar-refractivity contribution in [2.45, 2.75) is 27.7 Å². The topological polar surface area (TPSA) is 103 Å². The zero-order valence-corrected chi connectivity index (χ0v) is 73.8. The molecule has 8 aromatic heterocycles. The van der Waals surface area contributed by atoms with Crippen molar-refractivity contribution < 1.29 is 80.4 Å². The van der Waals surface area contributed by atoms with Gasteiger partial charge in [0.2, 0.25) is 0 Å².